The second kappa shape index (κ2) is 5.49. The van der Waals surface area contributed by atoms with E-state index in [1.165, 1.54) is 0 Å². The van der Waals surface area contributed by atoms with Crippen LogP contribution in [-0.2, 0) is 6.54 Å². The molecule has 6 heteroatoms. The molecular formula is C15H13N3O2S. The fourth-order valence-corrected chi connectivity index (χ4v) is 3.04. The summed E-state index contributed by atoms with van der Waals surface area (Å²) < 4.78 is 1.06. The van der Waals surface area contributed by atoms with Gasteiger partial charge < -0.3 is 10.0 Å². The van der Waals surface area contributed by atoms with Crippen LogP contribution in [0, 0.1) is 0 Å². The Morgan fingerprint density at radius 2 is 2.00 bits per heavy atom. The molecular weight excluding hydrogens is 286 g/mol. The molecule has 2 aromatic heterocycles. The van der Waals surface area contributed by atoms with Gasteiger partial charge in [0.1, 0.15) is 12.1 Å². The highest BCUT2D eigenvalue weighted by molar-refractivity contribution is 7.17. The normalized spacial score (nSPS) is 10.7. The molecule has 5 nitrogen and oxygen atoms in total. The molecule has 0 atom stereocenters. The molecule has 0 spiro atoms. The highest BCUT2D eigenvalue weighted by atomic mass is 32.1. The fourth-order valence-electron chi connectivity index (χ4n) is 2.15. The van der Waals surface area contributed by atoms with Crippen LogP contribution in [0.3, 0.4) is 0 Å². The smallest absolute Gasteiger partial charge is 0.335 e. The van der Waals surface area contributed by atoms with Crippen LogP contribution in [0.1, 0.15) is 15.9 Å². The Morgan fingerprint density at radius 3 is 2.71 bits per heavy atom. The fraction of sp³-hybridized carbons (Fsp3) is 0.133. The summed E-state index contributed by atoms with van der Waals surface area (Å²) in [5.74, 6) is -0.0247. The summed E-state index contributed by atoms with van der Waals surface area (Å²) in [5, 5.41) is 10.9. The molecule has 3 rings (SSSR count). The van der Waals surface area contributed by atoms with E-state index in [1.54, 1.807) is 29.8 Å². The number of aromatic carboxylic acids is 1. The third-order valence-electron chi connectivity index (χ3n) is 3.21. The van der Waals surface area contributed by atoms with Crippen molar-refractivity contribution in [2.75, 3.05) is 11.9 Å². The average Bonchev–Trinajstić information content (AvgIpc) is 2.96. The van der Waals surface area contributed by atoms with E-state index in [2.05, 4.69) is 9.97 Å². The molecule has 0 aliphatic carbocycles. The first-order valence-corrected chi connectivity index (χ1v) is 7.24. The van der Waals surface area contributed by atoms with Gasteiger partial charge in [0.15, 0.2) is 0 Å². The Morgan fingerprint density at radius 1 is 1.24 bits per heavy atom. The predicted molar refractivity (Wildman–Crippen MR) is 82.9 cm³/mol. The number of hydrogen-bond acceptors (Lipinski definition) is 5. The van der Waals surface area contributed by atoms with Crippen molar-refractivity contribution < 1.29 is 9.90 Å². The lowest BCUT2D eigenvalue weighted by Crippen LogP contribution is -2.17. The van der Waals surface area contributed by atoms with E-state index in [9.17, 15) is 4.79 Å². The van der Waals surface area contributed by atoms with Gasteiger partial charge >= 0.3 is 5.97 Å². The summed E-state index contributed by atoms with van der Waals surface area (Å²) >= 11 is 1.61. The first-order valence-electron chi connectivity index (χ1n) is 6.37. The number of nitrogens with zero attached hydrogens (tertiary/aromatic N) is 3. The number of carboxylic acid groups (broad SMARTS) is 1. The number of carboxylic acids is 1. The summed E-state index contributed by atoms with van der Waals surface area (Å²) in [6.45, 7) is 0.657. The summed E-state index contributed by atoms with van der Waals surface area (Å²) in [6, 6.07) is 8.86. The van der Waals surface area contributed by atoms with Gasteiger partial charge in [-0.3, -0.25) is 0 Å². The van der Waals surface area contributed by atoms with Crippen LogP contribution in [0.15, 0.2) is 42.0 Å². The third kappa shape index (κ3) is 2.71. The van der Waals surface area contributed by atoms with Crippen molar-refractivity contribution in [2.45, 2.75) is 6.54 Å². The van der Waals surface area contributed by atoms with Gasteiger partial charge in [0.05, 0.1) is 15.8 Å². The van der Waals surface area contributed by atoms with Crippen LogP contribution in [0.25, 0.3) is 10.2 Å². The summed E-state index contributed by atoms with van der Waals surface area (Å²) in [5.41, 5.74) is 2.27. The first-order chi connectivity index (χ1) is 10.1. The number of thiophene rings is 1. The SMILES string of the molecule is CN(Cc1ccc(C(=O)O)cc1)c1ncnc2ccsc12. The lowest BCUT2D eigenvalue weighted by Gasteiger charge is -2.18. The number of anilines is 1. The minimum atomic E-state index is -0.911. The summed E-state index contributed by atoms with van der Waals surface area (Å²) in [4.78, 5) is 21.5. The molecule has 1 N–H and O–H groups in total. The van der Waals surface area contributed by atoms with E-state index >= 15 is 0 Å². The summed E-state index contributed by atoms with van der Waals surface area (Å²) in [6.07, 6.45) is 1.56. The zero-order chi connectivity index (χ0) is 14.8. The molecule has 1 aromatic carbocycles. The van der Waals surface area contributed by atoms with Crippen molar-refractivity contribution in [2.24, 2.45) is 0 Å². The molecule has 0 fully saturated rings. The van der Waals surface area contributed by atoms with Crippen molar-refractivity contribution in [3.05, 3.63) is 53.2 Å². The van der Waals surface area contributed by atoms with Gasteiger partial charge in [-0.25, -0.2) is 14.8 Å². The number of aromatic nitrogens is 2. The molecule has 3 aromatic rings. The summed E-state index contributed by atoms with van der Waals surface area (Å²) in [7, 11) is 1.96. The lowest BCUT2D eigenvalue weighted by atomic mass is 10.1. The zero-order valence-electron chi connectivity index (χ0n) is 11.4. The lowest BCUT2D eigenvalue weighted by molar-refractivity contribution is 0.0697. The minimum absolute atomic E-state index is 0.295. The van der Waals surface area contributed by atoms with Crippen LogP contribution >= 0.6 is 11.3 Å². The van der Waals surface area contributed by atoms with E-state index in [0.717, 1.165) is 21.6 Å². The molecule has 0 saturated carbocycles. The third-order valence-corrected chi connectivity index (χ3v) is 4.11. The highest BCUT2D eigenvalue weighted by Crippen LogP contribution is 2.27. The van der Waals surface area contributed by atoms with E-state index in [0.29, 0.717) is 12.1 Å². The molecule has 0 amide bonds. The average molecular weight is 299 g/mol. The number of rotatable bonds is 4. The Bertz CT molecular complexity index is 783. The van der Waals surface area contributed by atoms with Gasteiger partial charge in [0.2, 0.25) is 0 Å². The molecule has 0 aliphatic rings. The molecule has 0 bridgehead atoms. The maximum Gasteiger partial charge on any atom is 0.335 e. The molecule has 0 aliphatic heterocycles. The Kier molecular flexibility index (Phi) is 3.53. The van der Waals surface area contributed by atoms with Crippen molar-refractivity contribution in [1.82, 2.24) is 9.97 Å². The Balaban J connectivity index is 1.84. The van der Waals surface area contributed by atoms with Gasteiger partial charge in [-0.05, 0) is 29.1 Å². The molecule has 2 heterocycles. The Labute approximate surface area is 125 Å². The van der Waals surface area contributed by atoms with Crippen molar-refractivity contribution in [3.8, 4) is 0 Å². The largest absolute Gasteiger partial charge is 0.478 e. The van der Waals surface area contributed by atoms with Crippen molar-refractivity contribution in [3.63, 3.8) is 0 Å². The molecule has 0 unspecified atom stereocenters. The van der Waals surface area contributed by atoms with Crippen LogP contribution in [-0.4, -0.2) is 28.1 Å². The second-order valence-electron chi connectivity index (χ2n) is 4.69. The van der Waals surface area contributed by atoms with Gasteiger partial charge in [-0.2, -0.15) is 0 Å². The topological polar surface area (TPSA) is 66.3 Å². The zero-order valence-corrected chi connectivity index (χ0v) is 12.2. The van der Waals surface area contributed by atoms with Crippen molar-refractivity contribution in [1.29, 1.82) is 0 Å². The van der Waals surface area contributed by atoms with Crippen LogP contribution < -0.4 is 4.90 Å². The first kappa shape index (κ1) is 13.5. The quantitative estimate of drug-likeness (QED) is 0.802. The van der Waals surface area contributed by atoms with Crippen LogP contribution in [0.5, 0.6) is 0 Å². The van der Waals surface area contributed by atoms with Gasteiger partial charge in [-0.15, -0.1) is 11.3 Å². The van der Waals surface area contributed by atoms with E-state index in [4.69, 9.17) is 5.11 Å². The van der Waals surface area contributed by atoms with E-state index in [1.807, 2.05) is 35.5 Å². The van der Waals surface area contributed by atoms with Gasteiger partial charge in [0, 0.05) is 13.6 Å². The highest BCUT2D eigenvalue weighted by Gasteiger charge is 2.10. The van der Waals surface area contributed by atoms with Crippen LogP contribution in [0.4, 0.5) is 5.82 Å². The van der Waals surface area contributed by atoms with Gasteiger partial charge in [-0.1, -0.05) is 12.1 Å². The Hall–Kier alpha value is -2.47. The molecule has 106 valence electrons. The van der Waals surface area contributed by atoms with Gasteiger partial charge in [0.25, 0.3) is 0 Å². The second-order valence-corrected chi connectivity index (χ2v) is 5.61. The number of hydrogen-bond donors (Lipinski definition) is 1. The number of carbonyl (C=O) groups is 1. The molecule has 21 heavy (non-hydrogen) atoms. The number of benzene rings is 1. The molecule has 0 radical (unpaired) electrons. The van der Waals surface area contributed by atoms with E-state index < -0.39 is 5.97 Å². The van der Waals surface area contributed by atoms with Crippen molar-refractivity contribution >= 4 is 33.3 Å². The monoisotopic (exact) mass is 299 g/mol. The van der Waals surface area contributed by atoms with E-state index in [-0.39, 0.29) is 0 Å². The maximum absolute atomic E-state index is 10.8. The van der Waals surface area contributed by atoms with Crippen LogP contribution in [0.2, 0.25) is 0 Å². The number of fused-ring (bicyclic) bond motifs is 1. The molecule has 0 saturated heterocycles. The predicted octanol–water partition coefficient (Wildman–Crippen LogP) is 3.03. The standard InChI is InChI=1S/C15H13N3O2S/c1-18(8-10-2-4-11(5-3-10)15(19)20)14-13-12(6-7-21-13)16-9-17-14/h2-7,9H,8H2,1H3,(H,19,20). The maximum atomic E-state index is 10.8. The minimum Gasteiger partial charge on any atom is -0.478 e.